The lowest BCUT2D eigenvalue weighted by Crippen LogP contribution is -2.32. The van der Waals surface area contributed by atoms with E-state index in [4.69, 9.17) is 32.7 Å². The standard InChI is InChI=1S/C24H21Cl2N7O3/c1-14-2-3-20-15(6-14)9-29-33(20)21(22-11-27-13-36-22)10-28-24(35)23-18(25)7-17(8-19(23)26)32-12-16(4-5-34)30-31-32/h2-3,6-9,11-13,21,34H,4-5,10H2,1H3,(H,28,35). The van der Waals surface area contributed by atoms with Gasteiger partial charge >= 0.3 is 0 Å². The molecule has 184 valence electrons. The van der Waals surface area contributed by atoms with E-state index in [9.17, 15) is 4.79 Å². The molecule has 0 aliphatic rings. The Hall–Kier alpha value is -3.73. The zero-order valence-corrected chi connectivity index (χ0v) is 20.6. The summed E-state index contributed by atoms with van der Waals surface area (Å²) in [5.74, 6) is 0.0891. The number of benzene rings is 2. The number of fused-ring (bicyclic) bond motifs is 1. The lowest BCUT2D eigenvalue weighted by Gasteiger charge is -2.18. The van der Waals surface area contributed by atoms with Crippen LogP contribution in [-0.4, -0.2) is 53.9 Å². The Morgan fingerprint density at radius 2 is 2.00 bits per heavy atom. The number of aliphatic hydroxyl groups excluding tert-OH is 1. The van der Waals surface area contributed by atoms with Crippen LogP contribution in [0.2, 0.25) is 10.0 Å². The third kappa shape index (κ3) is 4.70. The van der Waals surface area contributed by atoms with Crippen molar-refractivity contribution in [2.75, 3.05) is 13.2 Å². The number of oxazole rings is 1. The molecule has 0 spiro atoms. The molecule has 0 saturated carbocycles. The predicted molar refractivity (Wildman–Crippen MR) is 134 cm³/mol. The number of aromatic nitrogens is 6. The number of carbonyl (C=O) groups excluding carboxylic acids is 1. The number of rotatable bonds is 8. The van der Waals surface area contributed by atoms with Crippen LogP contribution in [0.5, 0.6) is 0 Å². The summed E-state index contributed by atoms with van der Waals surface area (Å²) in [4.78, 5) is 17.2. The summed E-state index contributed by atoms with van der Waals surface area (Å²) in [7, 11) is 0. The average Bonchev–Trinajstić information content (AvgIpc) is 3.61. The molecular weight excluding hydrogens is 505 g/mol. The molecular formula is C24H21Cl2N7O3. The molecule has 2 N–H and O–H groups in total. The Labute approximate surface area is 215 Å². The first-order valence-electron chi connectivity index (χ1n) is 11.1. The lowest BCUT2D eigenvalue weighted by molar-refractivity contribution is 0.0948. The summed E-state index contributed by atoms with van der Waals surface area (Å²) in [5, 5.41) is 25.8. The molecule has 10 nitrogen and oxygen atoms in total. The van der Waals surface area contributed by atoms with Gasteiger partial charge in [0.05, 0.1) is 51.1 Å². The number of halogens is 2. The molecule has 36 heavy (non-hydrogen) atoms. The first kappa shape index (κ1) is 24.0. The lowest BCUT2D eigenvalue weighted by atomic mass is 10.1. The van der Waals surface area contributed by atoms with E-state index in [0.29, 0.717) is 23.6 Å². The number of aliphatic hydroxyl groups is 1. The van der Waals surface area contributed by atoms with Gasteiger partial charge in [-0.2, -0.15) is 5.10 Å². The fourth-order valence-corrected chi connectivity index (χ4v) is 4.61. The van der Waals surface area contributed by atoms with Crippen molar-refractivity contribution in [2.24, 2.45) is 0 Å². The summed E-state index contributed by atoms with van der Waals surface area (Å²) in [5.41, 5.74) is 3.30. The van der Waals surface area contributed by atoms with Gasteiger partial charge in [-0.1, -0.05) is 40.0 Å². The van der Waals surface area contributed by atoms with Gasteiger partial charge in [0, 0.05) is 25.0 Å². The van der Waals surface area contributed by atoms with E-state index in [-0.39, 0.29) is 28.8 Å². The summed E-state index contributed by atoms with van der Waals surface area (Å²) in [6, 6.07) is 8.73. The molecule has 0 saturated heterocycles. The monoisotopic (exact) mass is 525 g/mol. The topological polar surface area (TPSA) is 124 Å². The Bertz CT molecular complexity index is 1510. The van der Waals surface area contributed by atoms with E-state index in [1.165, 1.54) is 11.1 Å². The molecule has 1 atom stereocenters. The molecule has 1 unspecified atom stereocenters. The molecule has 0 fully saturated rings. The molecule has 3 heterocycles. The fraction of sp³-hybridized carbons (Fsp3) is 0.208. The smallest absolute Gasteiger partial charge is 0.254 e. The van der Waals surface area contributed by atoms with Crippen molar-refractivity contribution in [1.82, 2.24) is 35.1 Å². The molecule has 12 heteroatoms. The number of hydrogen-bond acceptors (Lipinski definition) is 7. The van der Waals surface area contributed by atoms with Crippen LogP contribution >= 0.6 is 23.2 Å². The van der Waals surface area contributed by atoms with Crippen molar-refractivity contribution in [3.05, 3.63) is 87.9 Å². The summed E-state index contributed by atoms with van der Waals surface area (Å²) < 4.78 is 8.82. The number of nitrogens with one attached hydrogen (secondary N) is 1. The molecule has 0 bridgehead atoms. The minimum atomic E-state index is -0.451. The molecule has 0 aliphatic carbocycles. The molecule has 0 radical (unpaired) electrons. The van der Waals surface area contributed by atoms with Crippen LogP contribution in [0.4, 0.5) is 0 Å². The molecule has 5 aromatic rings. The highest BCUT2D eigenvalue weighted by Crippen LogP contribution is 2.29. The Kier molecular flexibility index (Phi) is 6.73. The van der Waals surface area contributed by atoms with Gasteiger partial charge in [0.2, 0.25) is 0 Å². The van der Waals surface area contributed by atoms with Crippen LogP contribution in [0.3, 0.4) is 0 Å². The third-order valence-corrected chi connectivity index (χ3v) is 6.31. The van der Waals surface area contributed by atoms with E-state index >= 15 is 0 Å². The van der Waals surface area contributed by atoms with E-state index in [2.05, 4.69) is 25.7 Å². The van der Waals surface area contributed by atoms with Crippen molar-refractivity contribution in [2.45, 2.75) is 19.4 Å². The van der Waals surface area contributed by atoms with Crippen LogP contribution in [0.1, 0.15) is 33.4 Å². The Balaban J connectivity index is 1.39. The largest absolute Gasteiger partial charge is 0.446 e. The minimum absolute atomic E-state index is 0.0393. The van der Waals surface area contributed by atoms with Crippen LogP contribution in [0.15, 0.2) is 59.7 Å². The second kappa shape index (κ2) is 10.1. The van der Waals surface area contributed by atoms with Gasteiger partial charge in [-0.15, -0.1) is 5.10 Å². The number of carbonyl (C=O) groups is 1. The van der Waals surface area contributed by atoms with E-state index in [1.54, 1.807) is 35.4 Å². The van der Waals surface area contributed by atoms with Gasteiger partial charge in [-0.25, -0.2) is 9.67 Å². The highest BCUT2D eigenvalue weighted by Gasteiger charge is 2.24. The van der Waals surface area contributed by atoms with Crippen LogP contribution in [0.25, 0.3) is 16.6 Å². The van der Waals surface area contributed by atoms with Crippen LogP contribution in [0, 0.1) is 6.92 Å². The van der Waals surface area contributed by atoms with Crippen molar-refractivity contribution >= 4 is 40.0 Å². The number of nitrogens with zero attached hydrogens (tertiary/aromatic N) is 6. The Morgan fingerprint density at radius 3 is 2.72 bits per heavy atom. The zero-order chi connectivity index (χ0) is 25.2. The maximum absolute atomic E-state index is 13.2. The second-order valence-electron chi connectivity index (χ2n) is 8.19. The van der Waals surface area contributed by atoms with Crippen LogP contribution in [-0.2, 0) is 6.42 Å². The van der Waals surface area contributed by atoms with Crippen molar-refractivity contribution < 1.29 is 14.3 Å². The van der Waals surface area contributed by atoms with E-state index in [0.717, 1.165) is 16.5 Å². The summed E-state index contributed by atoms with van der Waals surface area (Å²) in [6.07, 6.45) is 6.74. The molecule has 3 aromatic heterocycles. The van der Waals surface area contributed by atoms with E-state index in [1.807, 2.05) is 25.1 Å². The van der Waals surface area contributed by atoms with Gasteiger partial charge in [0.1, 0.15) is 6.04 Å². The first-order valence-corrected chi connectivity index (χ1v) is 11.8. The van der Waals surface area contributed by atoms with Gasteiger partial charge in [-0.05, 0) is 31.2 Å². The molecule has 1 amide bonds. The maximum atomic E-state index is 13.2. The second-order valence-corrected chi connectivity index (χ2v) is 9.01. The molecule has 0 aliphatic heterocycles. The van der Waals surface area contributed by atoms with E-state index < -0.39 is 11.9 Å². The first-order chi connectivity index (χ1) is 17.4. The maximum Gasteiger partial charge on any atom is 0.254 e. The number of hydrogen-bond donors (Lipinski definition) is 2. The normalized spacial score (nSPS) is 12.2. The SMILES string of the molecule is Cc1ccc2c(cnn2C(CNC(=O)c2c(Cl)cc(-n3cc(CCO)nn3)cc2Cl)c2cnco2)c1. The third-order valence-electron chi connectivity index (χ3n) is 5.71. The quantitative estimate of drug-likeness (QED) is 0.316. The van der Waals surface area contributed by atoms with Gasteiger partial charge < -0.3 is 14.8 Å². The predicted octanol–water partition coefficient (Wildman–Crippen LogP) is 3.77. The van der Waals surface area contributed by atoms with Gasteiger partial charge in [0.25, 0.3) is 5.91 Å². The summed E-state index contributed by atoms with van der Waals surface area (Å²) in [6.45, 7) is 2.13. The molecule has 5 rings (SSSR count). The molecule has 2 aromatic carbocycles. The summed E-state index contributed by atoms with van der Waals surface area (Å²) >= 11 is 12.9. The average molecular weight is 526 g/mol. The number of amides is 1. The van der Waals surface area contributed by atoms with Crippen molar-refractivity contribution in [3.63, 3.8) is 0 Å². The number of aryl methyl sites for hydroxylation is 1. The minimum Gasteiger partial charge on any atom is -0.446 e. The van der Waals surface area contributed by atoms with Crippen molar-refractivity contribution in [3.8, 4) is 5.69 Å². The highest BCUT2D eigenvalue weighted by molar-refractivity contribution is 6.40. The highest BCUT2D eigenvalue weighted by atomic mass is 35.5. The fourth-order valence-electron chi connectivity index (χ4n) is 3.96. The van der Waals surface area contributed by atoms with Gasteiger partial charge in [0.15, 0.2) is 12.2 Å². The van der Waals surface area contributed by atoms with Crippen molar-refractivity contribution in [1.29, 1.82) is 0 Å². The van der Waals surface area contributed by atoms with Gasteiger partial charge in [-0.3, -0.25) is 9.48 Å². The zero-order valence-electron chi connectivity index (χ0n) is 19.1. The van der Waals surface area contributed by atoms with Crippen LogP contribution < -0.4 is 5.32 Å². The Morgan fingerprint density at radius 1 is 1.19 bits per heavy atom.